The monoisotopic (exact) mass is 501 g/mol. The van der Waals surface area contributed by atoms with Gasteiger partial charge in [0.1, 0.15) is 35.2 Å². The summed E-state index contributed by atoms with van der Waals surface area (Å²) in [7, 11) is 1.64. The topological polar surface area (TPSA) is 113 Å². The van der Waals surface area contributed by atoms with E-state index in [1.165, 1.54) is 17.2 Å². The van der Waals surface area contributed by atoms with Crippen LogP contribution in [0.2, 0.25) is 0 Å². The molecule has 3 atom stereocenters. The van der Waals surface area contributed by atoms with Gasteiger partial charge in [-0.25, -0.2) is 13.8 Å². The zero-order chi connectivity index (χ0) is 25.8. The second kappa shape index (κ2) is 11.1. The van der Waals surface area contributed by atoms with E-state index < -0.39 is 47.3 Å². The molecule has 1 fully saturated rings. The number of nitrogens with one attached hydrogen (secondary N) is 3. The third kappa shape index (κ3) is 5.21. The molecule has 9 nitrogen and oxygen atoms in total. The van der Waals surface area contributed by atoms with E-state index in [0.29, 0.717) is 31.6 Å². The van der Waals surface area contributed by atoms with Crippen LogP contribution in [-0.2, 0) is 25.5 Å². The summed E-state index contributed by atoms with van der Waals surface area (Å²) in [6, 6.07) is 4.09. The summed E-state index contributed by atoms with van der Waals surface area (Å²) in [5.41, 5.74) is 0.0524. The number of rotatable bonds is 7. The molecule has 3 amide bonds. The van der Waals surface area contributed by atoms with Crippen molar-refractivity contribution < 1.29 is 27.9 Å². The zero-order valence-electron chi connectivity index (χ0n) is 20.1. The van der Waals surface area contributed by atoms with E-state index in [9.17, 15) is 23.2 Å². The van der Waals surface area contributed by atoms with Gasteiger partial charge in [0.15, 0.2) is 0 Å². The number of likely N-dealkylation sites (N-methyl/N-ethyl adjacent to an activating group) is 1. The Labute approximate surface area is 207 Å². The molecule has 3 N–H and O–H groups in total. The molecule has 2 aliphatic rings. The van der Waals surface area contributed by atoms with E-state index in [0.717, 1.165) is 12.1 Å². The Morgan fingerprint density at radius 3 is 2.47 bits per heavy atom. The molecule has 0 saturated carbocycles. The number of para-hydroxylation sites is 1. The lowest BCUT2D eigenvalue weighted by Gasteiger charge is -2.35. The molecule has 11 heteroatoms. The number of aromatic nitrogens is 1. The third-order valence-corrected chi connectivity index (χ3v) is 6.70. The van der Waals surface area contributed by atoms with Crippen LogP contribution in [-0.4, -0.2) is 61.1 Å². The summed E-state index contributed by atoms with van der Waals surface area (Å²) >= 11 is 0. The van der Waals surface area contributed by atoms with Crippen molar-refractivity contribution in [2.75, 3.05) is 30.5 Å². The van der Waals surface area contributed by atoms with Gasteiger partial charge in [0, 0.05) is 25.8 Å². The fourth-order valence-electron chi connectivity index (χ4n) is 4.53. The van der Waals surface area contributed by atoms with Gasteiger partial charge in [-0.2, -0.15) is 0 Å². The summed E-state index contributed by atoms with van der Waals surface area (Å²) in [4.78, 5) is 45.7. The Morgan fingerprint density at radius 2 is 1.81 bits per heavy atom. The quantitative estimate of drug-likeness (QED) is 0.533. The summed E-state index contributed by atoms with van der Waals surface area (Å²) in [5.74, 6) is -3.43. The molecule has 36 heavy (non-hydrogen) atoms. The van der Waals surface area contributed by atoms with Crippen LogP contribution in [0.3, 0.4) is 0 Å². The van der Waals surface area contributed by atoms with Gasteiger partial charge in [0.25, 0.3) is 5.91 Å². The van der Waals surface area contributed by atoms with Crippen molar-refractivity contribution in [2.24, 2.45) is 5.92 Å². The number of anilines is 2. The number of nitrogens with zero attached hydrogens (tertiary/aromatic N) is 2. The van der Waals surface area contributed by atoms with Crippen molar-refractivity contribution >= 4 is 29.2 Å². The Balaban J connectivity index is 1.67. The Bertz CT molecular complexity index is 1120. The first-order valence-corrected chi connectivity index (χ1v) is 11.9. The first-order valence-electron chi connectivity index (χ1n) is 11.9. The minimum atomic E-state index is -1.11. The standard InChI is InChI=1S/C25H29F2N5O4/c1-14(28-2)23(33)30-20(15-8-11-36-12-9-15)25(35)32-19(13-16-5-4-10-29-22(16)32)24(34)31-21-17(26)6-3-7-18(21)27/h3-7,10,14-15,19-20,28H,8-9,11-13H2,1-2H3,(H,30,33)(H,31,34)/t14-,19+,20?/m0/s1. The van der Waals surface area contributed by atoms with E-state index in [1.54, 1.807) is 26.1 Å². The highest BCUT2D eigenvalue weighted by Gasteiger charge is 2.44. The maximum atomic E-state index is 14.2. The van der Waals surface area contributed by atoms with Crippen molar-refractivity contribution in [3.05, 3.63) is 53.7 Å². The number of carbonyl (C=O) groups is 3. The summed E-state index contributed by atoms with van der Waals surface area (Å²) in [6.07, 6.45) is 2.70. The Kier molecular flexibility index (Phi) is 7.90. The number of pyridine rings is 1. The molecule has 2 aliphatic heterocycles. The zero-order valence-corrected chi connectivity index (χ0v) is 20.1. The van der Waals surface area contributed by atoms with Crippen LogP contribution in [0.4, 0.5) is 20.3 Å². The van der Waals surface area contributed by atoms with Gasteiger partial charge in [-0.1, -0.05) is 12.1 Å². The molecular formula is C25H29F2N5O4. The normalized spacial score (nSPS) is 19.3. The van der Waals surface area contributed by atoms with Crippen LogP contribution in [0.25, 0.3) is 0 Å². The SMILES string of the molecule is CN[C@@H](C)C(=O)NC(C(=O)N1c2ncccc2C[C@@H]1C(=O)Nc1c(F)cccc1F)C1CCOCC1. The van der Waals surface area contributed by atoms with Crippen LogP contribution in [0, 0.1) is 17.6 Å². The average Bonchev–Trinajstić information content (AvgIpc) is 3.28. The maximum Gasteiger partial charge on any atom is 0.251 e. The molecule has 2 aromatic rings. The van der Waals surface area contributed by atoms with Crippen LogP contribution >= 0.6 is 0 Å². The minimum absolute atomic E-state index is 0.109. The highest BCUT2D eigenvalue weighted by molar-refractivity contribution is 6.09. The average molecular weight is 502 g/mol. The molecule has 1 saturated heterocycles. The Hall–Kier alpha value is -3.44. The van der Waals surface area contributed by atoms with Gasteiger partial charge >= 0.3 is 0 Å². The first kappa shape index (κ1) is 25.6. The van der Waals surface area contributed by atoms with Crippen molar-refractivity contribution in [1.82, 2.24) is 15.6 Å². The van der Waals surface area contributed by atoms with Gasteiger partial charge in [-0.3, -0.25) is 19.3 Å². The highest BCUT2D eigenvalue weighted by atomic mass is 19.1. The number of ether oxygens (including phenoxy) is 1. The van der Waals surface area contributed by atoms with Gasteiger partial charge in [-0.15, -0.1) is 0 Å². The predicted molar refractivity (Wildman–Crippen MR) is 128 cm³/mol. The largest absolute Gasteiger partial charge is 0.381 e. The number of benzene rings is 1. The third-order valence-electron chi connectivity index (χ3n) is 6.70. The van der Waals surface area contributed by atoms with E-state index in [1.807, 2.05) is 0 Å². The molecular weight excluding hydrogens is 472 g/mol. The number of fused-ring (bicyclic) bond motifs is 1. The molecule has 192 valence electrons. The van der Waals surface area contributed by atoms with Gasteiger partial charge in [0.2, 0.25) is 11.8 Å². The van der Waals surface area contributed by atoms with Gasteiger partial charge < -0.3 is 20.7 Å². The van der Waals surface area contributed by atoms with E-state index in [2.05, 4.69) is 20.9 Å². The molecule has 4 rings (SSSR count). The molecule has 0 bridgehead atoms. The lowest BCUT2D eigenvalue weighted by Crippen LogP contribution is -2.59. The summed E-state index contributed by atoms with van der Waals surface area (Å²) < 4.78 is 33.9. The molecule has 0 radical (unpaired) electrons. The fraction of sp³-hybridized carbons (Fsp3) is 0.440. The van der Waals surface area contributed by atoms with E-state index in [-0.39, 0.29) is 24.1 Å². The molecule has 0 spiro atoms. The van der Waals surface area contributed by atoms with Crippen LogP contribution in [0.15, 0.2) is 36.5 Å². The lowest BCUT2D eigenvalue weighted by atomic mass is 9.90. The number of halogens is 2. The predicted octanol–water partition coefficient (Wildman–Crippen LogP) is 1.78. The lowest BCUT2D eigenvalue weighted by molar-refractivity contribution is -0.131. The van der Waals surface area contributed by atoms with Crippen molar-refractivity contribution in [3.63, 3.8) is 0 Å². The van der Waals surface area contributed by atoms with Gasteiger partial charge in [-0.05, 0) is 56.5 Å². The second-order valence-electron chi connectivity index (χ2n) is 8.95. The van der Waals surface area contributed by atoms with Crippen LogP contribution in [0.1, 0.15) is 25.3 Å². The number of hydrogen-bond acceptors (Lipinski definition) is 6. The number of hydrogen-bond donors (Lipinski definition) is 3. The van der Waals surface area contributed by atoms with Crippen molar-refractivity contribution in [1.29, 1.82) is 0 Å². The van der Waals surface area contributed by atoms with Crippen molar-refractivity contribution in [2.45, 2.75) is 44.3 Å². The van der Waals surface area contributed by atoms with Crippen LogP contribution in [0.5, 0.6) is 0 Å². The van der Waals surface area contributed by atoms with Gasteiger partial charge in [0.05, 0.1) is 6.04 Å². The second-order valence-corrected chi connectivity index (χ2v) is 8.95. The Morgan fingerprint density at radius 1 is 1.11 bits per heavy atom. The molecule has 0 aliphatic carbocycles. The van der Waals surface area contributed by atoms with E-state index in [4.69, 9.17) is 4.74 Å². The number of carbonyl (C=O) groups excluding carboxylic acids is 3. The molecule has 1 unspecified atom stereocenters. The molecule has 1 aromatic carbocycles. The smallest absolute Gasteiger partial charge is 0.251 e. The molecule has 3 heterocycles. The van der Waals surface area contributed by atoms with E-state index >= 15 is 0 Å². The minimum Gasteiger partial charge on any atom is -0.381 e. The van der Waals surface area contributed by atoms with Crippen molar-refractivity contribution in [3.8, 4) is 0 Å². The summed E-state index contributed by atoms with van der Waals surface area (Å²) in [5, 5.41) is 8.00. The highest BCUT2D eigenvalue weighted by Crippen LogP contribution is 2.33. The fourth-order valence-corrected chi connectivity index (χ4v) is 4.53. The maximum absolute atomic E-state index is 14.2. The first-order chi connectivity index (χ1) is 17.3. The number of amides is 3. The summed E-state index contributed by atoms with van der Waals surface area (Å²) in [6.45, 7) is 2.56. The van der Waals surface area contributed by atoms with Crippen LogP contribution < -0.4 is 20.9 Å². The molecule has 1 aromatic heterocycles.